The molecule has 0 radical (unpaired) electrons. The minimum Gasteiger partial charge on any atom is -0.462 e. The van der Waals surface area contributed by atoms with Crippen LogP contribution in [0.1, 0.15) is 34.8 Å². The van der Waals surface area contributed by atoms with E-state index in [4.69, 9.17) is 9.47 Å². The molecule has 0 fully saturated rings. The number of carbonyl (C=O) groups excluding carboxylic acids is 1. The van der Waals surface area contributed by atoms with Crippen molar-refractivity contribution in [2.75, 3.05) is 42.5 Å². The molecule has 0 bridgehead atoms. The molecule has 0 spiro atoms. The zero-order chi connectivity index (χ0) is 26.3. The van der Waals surface area contributed by atoms with E-state index in [0.717, 1.165) is 16.9 Å². The Morgan fingerprint density at radius 2 is 1.83 bits per heavy atom. The number of hydrogen-bond acceptors (Lipinski definition) is 12. The van der Waals surface area contributed by atoms with Gasteiger partial charge < -0.3 is 20.1 Å². The fourth-order valence-corrected chi connectivity index (χ4v) is 4.67. The van der Waals surface area contributed by atoms with Gasteiger partial charge in [0.25, 0.3) is 0 Å². The molecule has 2 aromatic heterocycles. The van der Waals surface area contributed by atoms with Crippen LogP contribution in [-0.2, 0) is 25.9 Å². The first kappa shape index (κ1) is 27.3. The van der Waals surface area contributed by atoms with Crippen molar-refractivity contribution < 1.29 is 22.7 Å². The molecule has 194 valence electrons. The SMILES string of the molecule is CCOC(=O)c1sc(Nc2nc(NCc3ccc(S(C)(=O)=O)cc3)cc(NC(C)COC)n2)nc1C. The summed E-state index contributed by atoms with van der Waals surface area (Å²) in [6.07, 6.45) is 1.18. The molecule has 3 N–H and O–H groups in total. The van der Waals surface area contributed by atoms with Crippen LogP contribution >= 0.6 is 11.3 Å². The molecular formula is C23H30N6O5S2. The topological polar surface area (TPSA) is 144 Å². The third-order valence-corrected chi connectivity index (χ3v) is 7.02. The van der Waals surface area contributed by atoms with E-state index in [1.807, 2.05) is 6.92 Å². The van der Waals surface area contributed by atoms with Gasteiger partial charge >= 0.3 is 5.97 Å². The highest BCUT2D eigenvalue weighted by atomic mass is 32.2. The molecular weight excluding hydrogens is 504 g/mol. The molecule has 0 aliphatic heterocycles. The first-order chi connectivity index (χ1) is 17.1. The molecule has 1 unspecified atom stereocenters. The van der Waals surface area contributed by atoms with Crippen LogP contribution in [0.3, 0.4) is 0 Å². The molecule has 3 rings (SSSR count). The number of anilines is 4. The van der Waals surface area contributed by atoms with Gasteiger partial charge in [0.05, 0.1) is 23.8 Å². The number of carbonyl (C=O) groups is 1. The van der Waals surface area contributed by atoms with Crippen molar-refractivity contribution in [3.63, 3.8) is 0 Å². The molecule has 0 aliphatic carbocycles. The maximum atomic E-state index is 12.1. The molecule has 0 amide bonds. The number of nitrogens with one attached hydrogen (secondary N) is 3. The number of sulfone groups is 1. The van der Waals surface area contributed by atoms with Crippen molar-refractivity contribution in [3.8, 4) is 0 Å². The molecule has 0 aliphatic rings. The van der Waals surface area contributed by atoms with Crippen LogP contribution in [0.5, 0.6) is 0 Å². The molecule has 0 saturated heterocycles. The van der Waals surface area contributed by atoms with Gasteiger partial charge in [0.15, 0.2) is 15.0 Å². The maximum absolute atomic E-state index is 12.1. The minimum atomic E-state index is -3.26. The molecule has 1 atom stereocenters. The van der Waals surface area contributed by atoms with Gasteiger partial charge in [-0.2, -0.15) is 9.97 Å². The Labute approximate surface area is 214 Å². The Kier molecular flexibility index (Phi) is 9.18. The van der Waals surface area contributed by atoms with Crippen molar-refractivity contribution in [1.29, 1.82) is 0 Å². The molecule has 13 heteroatoms. The first-order valence-corrected chi connectivity index (χ1v) is 13.9. The van der Waals surface area contributed by atoms with E-state index >= 15 is 0 Å². The lowest BCUT2D eigenvalue weighted by Crippen LogP contribution is -2.22. The summed E-state index contributed by atoms with van der Waals surface area (Å²) in [5.74, 6) is 0.954. The number of aromatic nitrogens is 3. The van der Waals surface area contributed by atoms with E-state index in [1.165, 1.54) is 6.26 Å². The van der Waals surface area contributed by atoms with Gasteiger partial charge in [-0.3, -0.25) is 5.32 Å². The highest BCUT2D eigenvalue weighted by Crippen LogP contribution is 2.27. The summed E-state index contributed by atoms with van der Waals surface area (Å²) in [5, 5.41) is 10.0. The van der Waals surface area contributed by atoms with E-state index in [9.17, 15) is 13.2 Å². The molecule has 11 nitrogen and oxygen atoms in total. The lowest BCUT2D eigenvalue weighted by Gasteiger charge is -2.16. The Morgan fingerprint density at radius 3 is 2.47 bits per heavy atom. The van der Waals surface area contributed by atoms with Crippen molar-refractivity contribution in [1.82, 2.24) is 15.0 Å². The number of ether oxygens (including phenoxy) is 2. The van der Waals surface area contributed by atoms with Gasteiger partial charge in [-0.05, 0) is 38.5 Å². The van der Waals surface area contributed by atoms with Gasteiger partial charge in [-0.15, -0.1) is 0 Å². The summed E-state index contributed by atoms with van der Waals surface area (Å²) >= 11 is 1.16. The van der Waals surface area contributed by atoms with E-state index in [0.29, 0.717) is 40.5 Å². The molecule has 0 saturated carbocycles. The van der Waals surface area contributed by atoms with Crippen LogP contribution in [0.2, 0.25) is 0 Å². The van der Waals surface area contributed by atoms with Crippen molar-refractivity contribution in [3.05, 3.63) is 46.5 Å². The third kappa shape index (κ3) is 7.60. The molecule has 3 aromatic rings. The maximum Gasteiger partial charge on any atom is 0.350 e. The van der Waals surface area contributed by atoms with E-state index in [2.05, 4.69) is 30.9 Å². The summed E-state index contributed by atoms with van der Waals surface area (Å²) in [6.45, 7) is 6.63. The summed E-state index contributed by atoms with van der Waals surface area (Å²) in [7, 11) is -1.63. The number of esters is 1. The van der Waals surface area contributed by atoms with E-state index in [-0.39, 0.29) is 23.5 Å². The Balaban J connectivity index is 1.81. The van der Waals surface area contributed by atoms with Gasteiger partial charge in [0, 0.05) is 32.0 Å². The van der Waals surface area contributed by atoms with E-state index in [1.54, 1.807) is 51.3 Å². The lowest BCUT2D eigenvalue weighted by molar-refractivity contribution is 0.0531. The summed E-state index contributed by atoms with van der Waals surface area (Å²) in [4.78, 5) is 26.3. The predicted molar refractivity (Wildman–Crippen MR) is 140 cm³/mol. The van der Waals surface area contributed by atoms with Crippen LogP contribution in [0.25, 0.3) is 0 Å². The summed E-state index contributed by atoms with van der Waals surface area (Å²) in [5.41, 5.74) is 1.44. The largest absolute Gasteiger partial charge is 0.462 e. The number of aryl methyl sites for hydroxylation is 1. The van der Waals surface area contributed by atoms with Crippen molar-refractivity contribution >= 4 is 49.9 Å². The minimum absolute atomic E-state index is 0.00772. The van der Waals surface area contributed by atoms with Crippen LogP contribution in [0.15, 0.2) is 35.2 Å². The zero-order valence-corrected chi connectivity index (χ0v) is 22.4. The second kappa shape index (κ2) is 12.1. The van der Waals surface area contributed by atoms with Gasteiger partial charge in [0.1, 0.15) is 16.5 Å². The fourth-order valence-electron chi connectivity index (χ4n) is 3.19. The number of rotatable bonds is 12. The Morgan fingerprint density at radius 1 is 1.14 bits per heavy atom. The summed E-state index contributed by atoms with van der Waals surface area (Å²) < 4.78 is 33.7. The second-order valence-electron chi connectivity index (χ2n) is 8.01. The highest BCUT2D eigenvalue weighted by molar-refractivity contribution is 7.90. The smallest absolute Gasteiger partial charge is 0.350 e. The Hall–Kier alpha value is -3.29. The van der Waals surface area contributed by atoms with Gasteiger partial charge in [-0.25, -0.2) is 18.2 Å². The van der Waals surface area contributed by atoms with Crippen LogP contribution in [0.4, 0.5) is 22.7 Å². The predicted octanol–water partition coefficient (Wildman–Crippen LogP) is 3.62. The van der Waals surface area contributed by atoms with E-state index < -0.39 is 15.8 Å². The molecule has 1 aromatic carbocycles. The molecule has 2 heterocycles. The fraction of sp³-hybridized carbons (Fsp3) is 0.391. The second-order valence-corrected chi connectivity index (χ2v) is 11.0. The number of benzene rings is 1. The number of methoxy groups -OCH3 is 1. The number of nitrogens with zero attached hydrogens (tertiary/aromatic N) is 3. The summed E-state index contributed by atoms with van der Waals surface area (Å²) in [6, 6.07) is 8.40. The van der Waals surface area contributed by atoms with Gasteiger partial charge in [-0.1, -0.05) is 23.5 Å². The monoisotopic (exact) mass is 534 g/mol. The average Bonchev–Trinajstić information content (AvgIpc) is 3.17. The average molecular weight is 535 g/mol. The normalized spacial score (nSPS) is 12.1. The van der Waals surface area contributed by atoms with Crippen LogP contribution in [-0.4, -0.2) is 62.0 Å². The number of thiazole rings is 1. The van der Waals surface area contributed by atoms with Gasteiger partial charge in [0.2, 0.25) is 5.95 Å². The first-order valence-electron chi connectivity index (χ1n) is 11.2. The van der Waals surface area contributed by atoms with Crippen molar-refractivity contribution in [2.45, 2.75) is 38.3 Å². The molecule has 36 heavy (non-hydrogen) atoms. The Bertz CT molecular complexity index is 1290. The highest BCUT2D eigenvalue weighted by Gasteiger charge is 2.17. The van der Waals surface area contributed by atoms with Crippen LogP contribution in [0, 0.1) is 6.92 Å². The quantitative estimate of drug-likeness (QED) is 0.293. The lowest BCUT2D eigenvalue weighted by atomic mass is 10.2. The number of hydrogen-bond donors (Lipinski definition) is 3. The third-order valence-electron chi connectivity index (χ3n) is 4.84. The van der Waals surface area contributed by atoms with Crippen molar-refractivity contribution in [2.24, 2.45) is 0 Å². The standard InChI is InChI=1S/C23H30N6O5S2/c1-6-34-21(30)20-15(3)26-23(35-20)29-22-27-18(11-19(28-22)25-14(2)13-33-4)24-12-16-7-9-17(10-8-16)36(5,31)32/h7-11,14H,6,12-13H2,1-5H3,(H3,24,25,26,27,28,29). The van der Waals surface area contributed by atoms with Crippen LogP contribution < -0.4 is 16.0 Å². The zero-order valence-electron chi connectivity index (χ0n) is 20.8.